The van der Waals surface area contributed by atoms with E-state index in [2.05, 4.69) is 5.32 Å². The quantitative estimate of drug-likeness (QED) is 0.0680. The first-order chi connectivity index (χ1) is 28.3. The van der Waals surface area contributed by atoms with Crippen LogP contribution in [0, 0.1) is 37.5 Å². The van der Waals surface area contributed by atoms with Crippen LogP contribution in [-0.4, -0.2) is 144 Å². The Labute approximate surface area is 361 Å². The van der Waals surface area contributed by atoms with Gasteiger partial charge in [-0.1, -0.05) is 39.3 Å². The fourth-order valence-corrected chi connectivity index (χ4v) is 8.47. The van der Waals surface area contributed by atoms with Gasteiger partial charge in [-0.2, -0.15) is 0 Å². The van der Waals surface area contributed by atoms with Gasteiger partial charge in [0.1, 0.15) is 41.5 Å². The van der Waals surface area contributed by atoms with Gasteiger partial charge in [-0.15, -0.1) is 0 Å². The number of carbonyl (C=O) groups excluding carboxylic acids is 4. The lowest BCUT2D eigenvalue weighted by atomic mass is 9.78. The highest BCUT2D eigenvalue weighted by Gasteiger charge is 2.47. The summed E-state index contributed by atoms with van der Waals surface area (Å²) in [6.45, 7) is 17.4. The van der Waals surface area contributed by atoms with Gasteiger partial charge in [0, 0.05) is 37.5 Å². The number of esters is 4. The van der Waals surface area contributed by atoms with Crippen molar-refractivity contribution in [2.45, 2.75) is 137 Å². The number of aliphatic hydroxyl groups excluding tert-OH is 2. The Kier molecular flexibility index (Phi) is 20.6. The third kappa shape index (κ3) is 14.4. The molecule has 2 rings (SSSR count). The van der Waals surface area contributed by atoms with Gasteiger partial charge in [-0.25, -0.2) is 4.79 Å². The lowest BCUT2D eigenvalue weighted by Gasteiger charge is -2.42. The van der Waals surface area contributed by atoms with Crippen molar-refractivity contribution in [1.82, 2.24) is 10.2 Å². The maximum Gasteiger partial charge on any atom is 0.341 e. The second-order valence-electron chi connectivity index (χ2n) is 17.5. The highest BCUT2D eigenvalue weighted by molar-refractivity contribution is 5.95. The van der Waals surface area contributed by atoms with Crippen LogP contribution in [0.15, 0.2) is 11.6 Å². The number of methoxy groups -OCH3 is 2. The number of hydrogen-bond acceptors (Lipinski definition) is 16. The van der Waals surface area contributed by atoms with E-state index in [-0.39, 0.29) is 62.6 Å². The molecule has 1 aromatic carbocycles. The minimum absolute atomic E-state index is 0.0563. The lowest BCUT2D eigenvalue weighted by molar-refractivity contribution is -0.197. The molecule has 0 spiro atoms. The van der Waals surface area contributed by atoms with Crippen LogP contribution >= 0.6 is 0 Å². The number of cyclic esters (lactones) is 1. The first-order valence-electron chi connectivity index (χ1n) is 21.2. The number of aliphatic hydroxyl groups is 4. The average molecular weight is 867 g/mol. The summed E-state index contributed by atoms with van der Waals surface area (Å²) in [5.74, 6) is -5.11. The van der Waals surface area contributed by atoms with Gasteiger partial charge < -0.3 is 59.4 Å². The molecule has 1 aromatic rings. The van der Waals surface area contributed by atoms with Crippen LogP contribution in [0.4, 0.5) is 0 Å². The summed E-state index contributed by atoms with van der Waals surface area (Å²) >= 11 is 0. The molecule has 6 N–H and O–H groups in total. The fraction of sp³-hybridized carbons (Fsp3) is 0.733. The Morgan fingerprint density at radius 3 is 2.21 bits per heavy atom. The van der Waals surface area contributed by atoms with Crippen molar-refractivity contribution in [2.24, 2.45) is 23.7 Å². The maximum absolute atomic E-state index is 13.7. The number of phenolic OH excluding ortho intramolecular Hbond substituents is 1. The zero-order valence-corrected chi connectivity index (χ0v) is 38.6. The number of aromatic hydroxyl groups is 1. The van der Waals surface area contributed by atoms with Crippen molar-refractivity contribution < 1.29 is 68.4 Å². The minimum Gasteiger partial charge on any atom is -0.507 e. The Bertz CT molecular complexity index is 1680. The second-order valence-corrected chi connectivity index (χ2v) is 17.5. The molecule has 0 aromatic heterocycles. The van der Waals surface area contributed by atoms with Gasteiger partial charge in [-0.05, 0) is 97.2 Å². The summed E-state index contributed by atoms with van der Waals surface area (Å²) in [5.41, 5.74) is -0.860. The Balaban J connectivity index is 2.08. The van der Waals surface area contributed by atoms with Gasteiger partial charge >= 0.3 is 23.9 Å². The molecule has 16 heteroatoms. The number of allylic oxidation sites excluding steroid dienone is 2. The standard InChI is InChI=1S/C45H74N2O14/c1-14-33-45(10,56)40(51)27(4)24-47(11)23-26(3)21-44(9,55)41(52)30(7)38(31(8)42(53)60-33)61-35(49)22-46-19-20-59-34(48)18-16-25(2)15-17-32-37(50)36(43(54)58-13)28(5)29(6)39(32)57-12/h15,26-27,30-31,33,38,40-41,46,50-52,55-56H,14,16-24H2,1-13H3/b25-15+/t26-,27+,30+,31-,33-,38+,40-,41-,44-,45-/m1/s1. The van der Waals surface area contributed by atoms with E-state index in [1.807, 2.05) is 31.9 Å². The smallest absolute Gasteiger partial charge is 0.341 e. The highest BCUT2D eigenvalue weighted by Crippen LogP contribution is 2.39. The Morgan fingerprint density at radius 2 is 1.62 bits per heavy atom. The van der Waals surface area contributed by atoms with Crippen LogP contribution < -0.4 is 10.1 Å². The van der Waals surface area contributed by atoms with E-state index in [9.17, 15) is 44.7 Å². The molecule has 0 aliphatic carbocycles. The molecule has 1 heterocycles. The molecule has 1 aliphatic heterocycles. The van der Waals surface area contributed by atoms with E-state index in [0.29, 0.717) is 42.0 Å². The van der Waals surface area contributed by atoms with Gasteiger partial charge in [-0.3, -0.25) is 14.4 Å². The lowest BCUT2D eigenvalue weighted by Crippen LogP contribution is -2.56. The van der Waals surface area contributed by atoms with Crippen LogP contribution in [0.3, 0.4) is 0 Å². The minimum atomic E-state index is -1.81. The maximum atomic E-state index is 13.7. The van der Waals surface area contributed by atoms with Crippen LogP contribution in [0.2, 0.25) is 0 Å². The number of hydrogen-bond donors (Lipinski definition) is 6. The second kappa shape index (κ2) is 23.6. The number of benzene rings is 1. The zero-order valence-electron chi connectivity index (χ0n) is 38.6. The fourth-order valence-electron chi connectivity index (χ4n) is 8.47. The van der Waals surface area contributed by atoms with E-state index in [1.54, 1.807) is 34.6 Å². The van der Waals surface area contributed by atoms with Crippen molar-refractivity contribution in [3.8, 4) is 11.5 Å². The molecule has 1 fully saturated rings. The molecule has 1 saturated heterocycles. The summed E-state index contributed by atoms with van der Waals surface area (Å²) in [6.07, 6.45) is -2.18. The molecule has 0 saturated carbocycles. The van der Waals surface area contributed by atoms with E-state index in [0.717, 1.165) is 5.57 Å². The summed E-state index contributed by atoms with van der Waals surface area (Å²) < 4.78 is 27.3. The van der Waals surface area contributed by atoms with Crippen LogP contribution in [0.5, 0.6) is 11.5 Å². The highest BCUT2D eigenvalue weighted by atomic mass is 16.6. The number of nitrogens with zero attached hydrogens (tertiary/aromatic N) is 1. The van der Waals surface area contributed by atoms with Crippen LogP contribution in [0.1, 0.15) is 108 Å². The molecule has 16 nitrogen and oxygen atoms in total. The number of phenols is 1. The van der Waals surface area contributed by atoms with Gasteiger partial charge in [0.15, 0.2) is 0 Å². The first kappa shape index (κ1) is 53.3. The molecule has 0 amide bonds. The van der Waals surface area contributed by atoms with Gasteiger partial charge in [0.25, 0.3) is 0 Å². The van der Waals surface area contributed by atoms with Crippen molar-refractivity contribution in [3.05, 3.63) is 33.9 Å². The topological polar surface area (TPSA) is 231 Å². The molecule has 0 unspecified atom stereocenters. The van der Waals surface area contributed by atoms with E-state index in [4.69, 9.17) is 23.7 Å². The monoisotopic (exact) mass is 867 g/mol. The van der Waals surface area contributed by atoms with Gasteiger partial charge in [0.05, 0.1) is 44.5 Å². The molecule has 0 bridgehead atoms. The van der Waals surface area contributed by atoms with Crippen molar-refractivity contribution in [3.63, 3.8) is 0 Å². The van der Waals surface area contributed by atoms with Crippen molar-refractivity contribution in [1.29, 1.82) is 0 Å². The summed E-state index contributed by atoms with van der Waals surface area (Å²) in [6, 6.07) is 0. The summed E-state index contributed by atoms with van der Waals surface area (Å²) in [5, 5.41) is 59.5. The number of ether oxygens (including phenoxy) is 5. The van der Waals surface area contributed by atoms with E-state index >= 15 is 0 Å². The number of nitrogens with one attached hydrogen (secondary N) is 1. The van der Waals surface area contributed by atoms with Crippen LogP contribution in [0.25, 0.3) is 0 Å². The van der Waals surface area contributed by atoms with E-state index < -0.39 is 77.2 Å². The first-order valence-corrected chi connectivity index (χ1v) is 21.2. The molecular formula is C45H74N2O14. The molecule has 61 heavy (non-hydrogen) atoms. The Hall–Kier alpha value is -3.80. The largest absolute Gasteiger partial charge is 0.507 e. The predicted octanol–water partition coefficient (Wildman–Crippen LogP) is 3.54. The molecule has 10 atom stereocenters. The third-order valence-corrected chi connectivity index (χ3v) is 12.0. The van der Waals surface area contributed by atoms with Crippen LogP contribution in [-0.2, 0) is 39.8 Å². The molecule has 1 aliphatic rings. The normalized spacial score (nSPS) is 30.0. The van der Waals surface area contributed by atoms with E-state index in [1.165, 1.54) is 35.0 Å². The zero-order chi connectivity index (χ0) is 46.6. The van der Waals surface area contributed by atoms with Gasteiger partial charge in [0.2, 0.25) is 0 Å². The third-order valence-electron chi connectivity index (χ3n) is 12.0. The average Bonchev–Trinajstić information content (AvgIpc) is 3.19. The summed E-state index contributed by atoms with van der Waals surface area (Å²) in [7, 11) is 4.59. The Morgan fingerprint density at radius 1 is 0.984 bits per heavy atom. The number of rotatable bonds is 14. The molecule has 0 radical (unpaired) electrons. The molecule has 348 valence electrons. The predicted molar refractivity (Wildman–Crippen MR) is 228 cm³/mol. The summed E-state index contributed by atoms with van der Waals surface area (Å²) in [4.78, 5) is 53.8. The molecular weight excluding hydrogens is 792 g/mol. The van der Waals surface area contributed by atoms with Crippen molar-refractivity contribution >= 4 is 23.9 Å². The number of carbonyl (C=O) groups is 4. The SMILES string of the molecule is CC[C@H]1OC(=O)[C@H](C)[C@@H](OC(=O)CNCCOC(=O)CC/C(C)=C/Cc2c(O)c(C(=O)OC)c(C)c(C)c2OC)[C@H](C)[C@@H](O)[C@](C)(O)C[C@@H](C)CN(C)C[C@H](C)[C@@H](O)[C@]1(C)O. The van der Waals surface area contributed by atoms with Crippen molar-refractivity contribution in [2.75, 3.05) is 54.1 Å².